The Morgan fingerprint density at radius 2 is 2.33 bits per heavy atom. The van der Waals surface area contributed by atoms with E-state index in [-0.39, 0.29) is 11.9 Å². The molecule has 3 heterocycles. The molecule has 1 atom stereocenters. The molecule has 1 N–H and O–H groups in total. The van der Waals surface area contributed by atoms with E-state index in [0.717, 1.165) is 23.4 Å². The minimum Gasteiger partial charge on any atom is -0.450 e. The average Bonchev–Trinajstić information content (AvgIpc) is 3.26. The fourth-order valence-corrected chi connectivity index (χ4v) is 4.18. The van der Waals surface area contributed by atoms with Crippen molar-refractivity contribution in [2.45, 2.75) is 25.8 Å². The lowest BCUT2D eigenvalue weighted by atomic mass is 10.1. The number of rotatable bonds is 4. The van der Waals surface area contributed by atoms with Crippen molar-refractivity contribution in [2.75, 3.05) is 19.7 Å². The number of hydrogen-bond donors (Lipinski definition) is 1. The van der Waals surface area contributed by atoms with E-state index < -0.39 is 6.09 Å². The molecule has 1 aliphatic rings. The van der Waals surface area contributed by atoms with Crippen LogP contribution in [0.5, 0.6) is 0 Å². The molecule has 0 aliphatic carbocycles. The predicted octanol–water partition coefficient (Wildman–Crippen LogP) is 3.22. The van der Waals surface area contributed by atoms with Crippen LogP contribution in [0.2, 0.25) is 0 Å². The summed E-state index contributed by atoms with van der Waals surface area (Å²) in [5.41, 5.74) is 1.52. The maximum atomic E-state index is 12.7. The van der Waals surface area contributed by atoms with E-state index in [0.29, 0.717) is 25.4 Å². The molecule has 8 heteroatoms. The van der Waals surface area contributed by atoms with Crippen molar-refractivity contribution in [3.05, 3.63) is 27.9 Å². The average molecular weight is 365 g/mol. The van der Waals surface area contributed by atoms with Crippen molar-refractivity contribution in [1.82, 2.24) is 15.2 Å². The topological polar surface area (TPSA) is 71.5 Å². The number of carbonyl (C=O) groups excluding carboxylic acids is 2. The third-order valence-electron chi connectivity index (χ3n) is 3.80. The zero-order valence-corrected chi connectivity index (χ0v) is 15.0. The van der Waals surface area contributed by atoms with Gasteiger partial charge >= 0.3 is 6.09 Å². The molecule has 2 amide bonds. The first-order valence-electron chi connectivity index (χ1n) is 7.88. The predicted molar refractivity (Wildman–Crippen MR) is 94.5 cm³/mol. The number of nitrogens with zero attached hydrogens (tertiary/aromatic N) is 2. The quantitative estimate of drug-likeness (QED) is 0.903. The van der Waals surface area contributed by atoms with Gasteiger partial charge in [-0.2, -0.15) is 11.3 Å². The summed E-state index contributed by atoms with van der Waals surface area (Å²) in [5.74, 6) is -0.0805. The summed E-state index contributed by atoms with van der Waals surface area (Å²) in [4.78, 5) is 30.4. The molecule has 0 radical (unpaired) electrons. The van der Waals surface area contributed by atoms with Gasteiger partial charge in [0.05, 0.1) is 6.61 Å². The van der Waals surface area contributed by atoms with Gasteiger partial charge in [0, 0.05) is 35.5 Å². The summed E-state index contributed by atoms with van der Waals surface area (Å²) in [5, 5.41) is 9.49. The Morgan fingerprint density at radius 1 is 1.46 bits per heavy atom. The number of amides is 2. The van der Waals surface area contributed by atoms with Crippen LogP contribution in [0.4, 0.5) is 4.79 Å². The number of thiazole rings is 1. The van der Waals surface area contributed by atoms with Crippen LogP contribution < -0.4 is 5.32 Å². The molecule has 0 saturated carbocycles. The maximum Gasteiger partial charge on any atom is 0.407 e. The van der Waals surface area contributed by atoms with E-state index in [9.17, 15) is 9.59 Å². The van der Waals surface area contributed by atoms with Crippen LogP contribution in [-0.4, -0.2) is 47.6 Å². The summed E-state index contributed by atoms with van der Waals surface area (Å²) in [6.07, 6.45) is 1.27. The third kappa shape index (κ3) is 3.93. The summed E-state index contributed by atoms with van der Waals surface area (Å²) < 4.78 is 4.91. The molecular formula is C16H19N3O3S2. The number of carbonyl (C=O) groups is 2. The van der Waals surface area contributed by atoms with Crippen molar-refractivity contribution in [3.8, 4) is 10.6 Å². The number of hydrogen-bond acceptors (Lipinski definition) is 6. The maximum absolute atomic E-state index is 12.7. The van der Waals surface area contributed by atoms with E-state index >= 15 is 0 Å². The van der Waals surface area contributed by atoms with Gasteiger partial charge in [-0.3, -0.25) is 4.79 Å². The molecule has 0 spiro atoms. The second kappa shape index (κ2) is 7.76. The van der Waals surface area contributed by atoms with Crippen LogP contribution in [0.1, 0.15) is 30.3 Å². The van der Waals surface area contributed by atoms with E-state index in [1.807, 2.05) is 16.8 Å². The van der Waals surface area contributed by atoms with E-state index in [1.165, 1.54) is 11.3 Å². The van der Waals surface area contributed by atoms with Crippen LogP contribution in [0, 0.1) is 0 Å². The molecule has 128 valence electrons. The molecule has 1 aliphatic heterocycles. The number of ether oxygens (including phenoxy) is 1. The van der Waals surface area contributed by atoms with Gasteiger partial charge in [0.15, 0.2) is 0 Å². The van der Waals surface area contributed by atoms with Crippen molar-refractivity contribution in [2.24, 2.45) is 0 Å². The monoisotopic (exact) mass is 365 g/mol. The Hall–Kier alpha value is -1.93. The molecule has 2 aromatic heterocycles. The lowest BCUT2D eigenvalue weighted by Crippen LogP contribution is -2.49. The first-order chi connectivity index (χ1) is 11.7. The van der Waals surface area contributed by atoms with Gasteiger partial charge in [-0.05, 0) is 31.2 Å². The second-order valence-corrected chi connectivity index (χ2v) is 7.14. The Morgan fingerprint density at radius 3 is 3.08 bits per heavy atom. The SMILES string of the molecule is CCOC(=O)N[C@@H]1CCCN(C(=O)c2csc(-c3ccsc3)n2)C1. The Labute approximate surface area is 148 Å². The lowest BCUT2D eigenvalue weighted by molar-refractivity contribution is 0.0681. The third-order valence-corrected chi connectivity index (χ3v) is 5.37. The number of nitrogens with one attached hydrogen (secondary N) is 1. The number of thiophene rings is 1. The fraction of sp³-hybridized carbons (Fsp3) is 0.438. The Kier molecular flexibility index (Phi) is 5.47. The second-order valence-electron chi connectivity index (χ2n) is 5.51. The molecular weight excluding hydrogens is 346 g/mol. The van der Waals surface area contributed by atoms with Crippen molar-refractivity contribution in [1.29, 1.82) is 0 Å². The van der Waals surface area contributed by atoms with E-state index in [4.69, 9.17) is 4.74 Å². The van der Waals surface area contributed by atoms with Crippen molar-refractivity contribution in [3.63, 3.8) is 0 Å². The summed E-state index contributed by atoms with van der Waals surface area (Å²) in [7, 11) is 0. The van der Waals surface area contributed by atoms with Gasteiger partial charge in [-0.25, -0.2) is 9.78 Å². The highest BCUT2D eigenvalue weighted by atomic mass is 32.1. The summed E-state index contributed by atoms with van der Waals surface area (Å²) >= 11 is 3.09. The molecule has 0 unspecified atom stereocenters. The van der Waals surface area contributed by atoms with Crippen LogP contribution in [0.25, 0.3) is 10.6 Å². The van der Waals surface area contributed by atoms with Gasteiger partial charge in [-0.15, -0.1) is 11.3 Å². The Balaban J connectivity index is 1.63. The van der Waals surface area contributed by atoms with Gasteiger partial charge in [0.2, 0.25) is 0 Å². The molecule has 0 bridgehead atoms. The first kappa shape index (κ1) is 16.9. The number of alkyl carbamates (subject to hydrolysis) is 1. The van der Waals surface area contributed by atoms with Crippen LogP contribution >= 0.6 is 22.7 Å². The highest BCUT2D eigenvalue weighted by Gasteiger charge is 2.27. The molecule has 0 aromatic carbocycles. The van der Waals surface area contributed by atoms with E-state index in [1.54, 1.807) is 28.5 Å². The first-order valence-corrected chi connectivity index (χ1v) is 9.70. The molecule has 1 saturated heterocycles. The summed E-state index contributed by atoms with van der Waals surface area (Å²) in [6, 6.07) is 1.93. The number of aromatic nitrogens is 1. The number of likely N-dealkylation sites (tertiary alicyclic amines) is 1. The van der Waals surface area contributed by atoms with Gasteiger partial charge in [0.25, 0.3) is 5.91 Å². The highest BCUT2D eigenvalue weighted by molar-refractivity contribution is 7.14. The fourth-order valence-electron chi connectivity index (χ4n) is 2.67. The molecule has 2 aromatic rings. The Bertz CT molecular complexity index is 699. The van der Waals surface area contributed by atoms with Crippen LogP contribution in [-0.2, 0) is 4.74 Å². The normalized spacial score (nSPS) is 17.5. The molecule has 24 heavy (non-hydrogen) atoms. The summed E-state index contributed by atoms with van der Waals surface area (Å²) in [6.45, 7) is 3.28. The lowest BCUT2D eigenvalue weighted by Gasteiger charge is -2.32. The molecule has 3 rings (SSSR count). The minimum absolute atomic E-state index is 0.0725. The van der Waals surface area contributed by atoms with Crippen LogP contribution in [0.15, 0.2) is 22.2 Å². The largest absolute Gasteiger partial charge is 0.450 e. The zero-order valence-electron chi connectivity index (χ0n) is 13.4. The van der Waals surface area contributed by atoms with Crippen molar-refractivity contribution < 1.29 is 14.3 Å². The zero-order chi connectivity index (χ0) is 16.9. The molecule has 1 fully saturated rings. The highest BCUT2D eigenvalue weighted by Crippen LogP contribution is 2.26. The standard InChI is InChI=1S/C16H19N3O3S2/c1-2-22-16(21)17-12-4-3-6-19(8-12)15(20)13-10-24-14(18-13)11-5-7-23-9-11/h5,7,9-10,12H,2-4,6,8H2,1H3,(H,17,21)/t12-/m1/s1. The van der Waals surface area contributed by atoms with Gasteiger partial charge < -0.3 is 15.0 Å². The smallest absolute Gasteiger partial charge is 0.407 e. The minimum atomic E-state index is -0.426. The molecule has 6 nitrogen and oxygen atoms in total. The van der Waals surface area contributed by atoms with E-state index in [2.05, 4.69) is 10.3 Å². The van der Waals surface area contributed by atoms with Crippen molar-refractivity contribution >= 4 is 34.7 Å². The van der Waals surface area contributed by atoms with Crippen LogP contribution in [0.3, 0.4) is 0 Å². The van der Waals surface area contributed by atoms with Gasteiger partial charge in [-0.1, -0.05) is 0 Å². The van der Waals surface area contributed by atoms with Gasteiger partial charge in [0.1, 0.15) is 10.7 Å². The number of piperidine rings is 1.